The van der Waals surface area contributed by atoms with Crippen LogP contribution in [0.2, 0.25) is 0 Å². The molecule has 0 aliphatic carbocycles. The average Bonchev–Trinajstić information content (AvgIpc) is 2.91. The Kier molecular flexibility index (Phi) is 8.78. The van der Waals surface area contributed by atoms with Crippen molar-refractivity contribution >= 4 is 29.9 Å². The lowest BCUT2D eigenvalue weighted by molar-refractivity contribution is 0.245. The maximum Gasteiger partial charge on any atom is 0.191 e. The van der Waals surface area contributed by atoms with Gasteiger partial charge in [0.25, 0.3) is 0 Å². The Labute approximate surface area is 151 Å². The molecule has 1 aliphatic heterocycles. The van der Waals surface area contributed by atoms with Crippen LogP contribution >= 0.6 is 24.0 Å². The van der Waals surface area contributed by atoms with Gasteiger partial charge in [-0.15, -0.1) is 24.0 Å². The van der Waals surface area contributed by atoms with Crippen LogP contribution in [-0.4, -0.2) is 43.1 Å². The summed E-state index contributed by atoms with van der Waals surface area (Å²) in [4.78, 5) is 6.85. The van der Waals surface area contributed by atoms with Gasteiger partial charge in [0.2, 0.25) is 0 Å². The number of guanidine groups is 1. The van der Waals surface area contributed by atoms with Gasteiger partial charge in [-0.3, -0.25) is 9.89 Å². The van der Waals surface area contributed by atoms with E-state index in [0.29, 0.717) is 12.1 Å². The number of hydrogen-bond acceptors (Lipinski definition) is 2. The third kappa shape index (κ3) is 6.12. The van der Waals surface area contributed by atoms with E-state index in [4.69, 9.17) is 0 Å². The average molecular weight is 416 g/mol. The Morgan fingerprint density at radius 3 is 2.68 bits per heavy atom. The van der Waals surface area contributed by atoms with Crippen molar-refractivity contribution in [2.45, 2.75) is 45.3 Å². The molecule has 1 unspecified atom stereocenters. The molecule has 0 radical (unpaired) electrons. The van der Waals surface area contributed by atoms with Gasteiger partial charge in [0.15, 0.2) is 5.96 Å². The van der Waals surface area contributed by atoms with Crippen LogP contribution in [0.3, 0.4) is 0 Å². The van der Waals surface area contributed by atoms with Crippen molar-refractivity contribution in [2.24, 2.45) is 4.99 Å². The lowest BCUT2D eigenvalue weighted by Crippen LogP contribution is -2.46. The summed E-state index contributed by atoms with van der Waals surface area (Å²) in [6.45, 7) is 7.45. The fourth-order valence-corrected chi connectivity index (χ4v) is 2.83. The van der Waals surface area contributed by atoms with Crippen molar-refractivity contribution < 1.29 is 0 Å². The van der Waals surface area contributed by atoms with Crippen LogP contribution in [0.15, 0.2) is 35.3 Å². The molecular formula is C17H29IN4. The fraction of sp³-hybridized carbons (Fsp3) is 0.588. The number of nitrogens with zero attached hydrogens (tertiary/aromatic N) is 2. The molecule has 1 saturated heterocycles. The van der Waals surface area contributed by atoms with Gasteiger partial charge in [-0.1, -0.05) is 30.3 Å². The summed E-state index contributed by atoms with van der Waals surface area (Å²) in [6.07, 6.45) is 2.55. The molecule has 2 N–H and O–H groups in total. The number of rotatable bonds is 5. The molecule has 5 heteroatoms. The number of likely N-dealkylation sites (tertiary alicyclic amines) is 1. The summed E-state index contributed by atoms with van der Waals surface area (Å²) in [5.74, 6) is 0.900. The number of benzene rings is 1. The minimum Gasteiger partial charge on any atom is -0.355 e. The first kappa shape index (κ1) is 19.2. The summed E-state index contributed by atoms with van der Waals surface area (Å²) in [6, 6.07) is 11.7. The number of nitrogens with one attached hydrogen (secondary N) is 2. The van der Waals surface area contributed by atoms with Crippen molar-refractivity contribution in [2.75, 3.05) is 20.1 Å². The number of halogens is 1. The van der Waals surface area contributed by atoms with Gasteiger partial charge in [0.1, 0.15) is 0 Å². The SMILES string of the molecule is CN=C(NCC1CCCN1Cc1ccccc1)NC(C)C.I. The zero-order chi connectivity index (χ0) is 15.1. The van der Waals surface area contributed by atoms with Crippen LogP contribution < -0.4 is 10.6 Å². The molecule has 1 fully saturated rings. The Morgan fingerprint density at radius 2 is 2.05 bits per heavy atom. The van der Waals surface area contributed by atoms with Crippen LogP contribution in [0.25, 0.3) is 0 Å². The van der Waals surface area contributed by atoms with E-state index in [2.05, 4.69) is 64.7 Å². The Morgan fingerprint density at radius 1 is 1.32 bits per heavy atom. The molecule has 1 atom stereocenters. The van der Waals surface area contributed by atoms with Crippen molar-refractivity contribution in [1.82, 2.24) is 15.5 Å². The number of aliphatic imine (C=N–C) groups is 1. The highest BCUT2D eigenvalue weighted by Gasteiger charge is 2.24. The molecule has 2 rings (SSSR count). The maximum absolute atomic E-state index is 4.27. The summed E-state index contributed by atoms with van der Waals surface area (Å²) < 4.78 is 0. The lowest BCUT2D eigenvalue weighted by atomic mass is 10.2. The van der Waals surface area contributed by atoms with Gasteiger partial charge in [0.05, 0.1) is 0 Å². The quantitative estimate of drug-likeness (QED) is 0.441. The first-order valence-electron chi connectivity index (χ1n) is 7.94. The molecule has 124 valence electrons. The van der Waals surface area contributed by atoms with Crippen molar-refractivity contribution in [3.8, 4) is 0 Å². The molecule has 1 aliphatic rings. The van der Waals surface area contributed by atoms with Gasteiger partial charge in [0, 0.05) is 32.2 Å². The third-order valence-electron chi connectivity index (χ3n) is 3.88. The molecular weight excluding hydrogens is 387 g/mol. The minimum absolute atomic E-state index is 0. The highest BCUT2D eigenvalue weighted by atomic mass is 127. The summed E-state index contributed by atoms with van der Waals surface area (Å²) in [5, 5.41) is 6.79. The summed E-state index contributed by atoms with van der Waals surface area (Å²) in [7, 11) is 1.83. The van der Waals surface area contributed by atoms with Crippen molar-refractivity contribution in [3.63, 3.8) is 0 Å². The molecule has 4 nitrogen and oxygen atoms in total. The second-order valence-electron chi connectivity index (χ2n) is 6.00. The molecule has 0 aromatic heterocycles. The fourth-order valence-electron chi connectivity index (χ4n) is 2.83. The van der Waals surface area contributed by atoms with E-state index < -0.39 is 0 Å². The monoisotopic (exact) mass is 416 g/mol. The second kappa shape index (κ2) is 10.0. The lowest BCUT2D eigenvalue weighted by Gasteiger charge is -2.26. The van der Waals surface area contributed by atoms with Crippen molar-refractivity contribution in [1.29, 1.82) is 0 Å². The predicted molar refractivity (Wildman–Crippen MR) is 105 cm³/mol. The van der Waals surface area contributed by atoms with Gasteiger partial charge < -0.3 is 10.6 Å². The molecule has 1 heterocycles. The summed E-state index contributed by atoms with van der Waals surface area (Å²) >= 11 is 0. The van der Waals surface area contributed by atoms with E-state index in [0.717, 1.165) is 19.0 Å². The van der Waals surface area contributed by atoms with E-state index >= 15 is 0 Å². The van der Waals surface area contributed by atoms with Gasteiger partial charge in [-0.05, 0) is 38.8 Å². The van der Waals surface area contributed by atoms with E-state index in [1.165, 1.54) is 24.9 Å². The maximum atomic E-state index is 4.27. The van der Waals surface area contributed by atoms with Crippen molar-refractivity contribution in [3.05, 3.63) is 35.9 Å². The Bertz CT molecular complexity index is 447. The normalized spacial score (nSPS) is 19.1. The largest absolute Gasteiger partial charge is 0.355 e. The van der Waals surface area contributed by atoms with Gasteiger partial charge in [-0.2, -0.15) is 0 Å². The molecule has 0 saturated carbocycles. The Balaban J connectivity index is 0.00000242. The van der Waals surface area contributed by atoms with E-state index in [9.17, 15) is 0 Å². The van der Waals surface area contributed by atoms with E-state index in [1.807, 2.05) is 7.05 Å². The van der Waals surface area contributed by atoms with Crippen LogP contribution in [-0.2, 0) is 6.54 Å². The first-order valence-corrected chi connectivity index (χ1v) is 7.94. The topological polar surface area (TPSA) is 39.7 Å². The molecule has 1 aromatic rings. The highest BCUT2D eigenvalue weighted by molar-refractivity contribution is 14.0. The molecule has 22 heavy (non-hydrogen) atoms. The van der Waals surface area contributed by atoms with Crippen LogP contribution in [0.1, 0.15) is 32.3 Å². The van der Waals surface area contributed by atoms with Crippen LogP contribution in [0, 0.1) is 0 Å². The van der Waals surface area contributed by atoms with Crippen LogP contribution in [0.4, 0.5) is 0 Å². The third-order valence-corrected chi connectivity index (χ3v) is 3.88. The van der Waals surface area contributed by atoms with Gasteiger partial charge >= 0.3 is 0 Å². The molecule has 0 bridgehead atoms. The zero-order valence-corrected chi connectivity index (χ0v) is 16.2. The molecule has 0 amide bonds. The van der Waals surface area contributed by atoms with E-state index in [1.54, 1.807) is 0 Å². The van der Waals surface area contributed by atoms with Crippen LogP contribution in [0.5, 0.6) is 0 Å². The zero-order valence-electron chi connectivity index (χ0n) is 13.9. The molecule has 1 aromatic carbocycles. The first-order chi connectivity index (χ1) is 10.2. The number of hydrogen-bond donors (Lipinski definition) is 2. The standard InChI is InChI=1S/C17H28N4.HI/c1-14(2)20-17(18-3)19-12-16-10-7-11-21(16)13-15-8-5-4-6-9-15;/h4-6,8-9,14,16H,7,10-13H2,1-3H3,(H2,18,19,20);1H. The van der Waals surface area contributed by atoms with E-state index in [-0.39, 0.29) is 24.0 Å². The highest BCUT2D eigenvalue weighted by Crippen LogP contribution is 2.19. The smallest absolute Gasteiger partial charge is 0.191 e. The predicted octanol–water partition coefficient (Wildman–Crippen LogP) is 2.84. The summed E-state index contributed by atoms with van der Waals surface area (Å²) in [5.41, 5.74) is 1.40. The van der Waals surface area contributed by atoms with Gasteiger partial charge in [-0.25, -0.2) is 0 Å². The molecule has 0 spiro atoms. The second-order valence-corrected chi connectivity index (χ2v) is 6.00. The Hall–Kier alpha value is -0.820. The minimum atomic E-state index is 0.